The van der Waals surface area contributed by atoms with E-state index in [2.05, 4.69) is 34.5 Å². The standard InChI is InChI=1S/C12H16N2O/c1-14(2)10-5-3-9(4-6-10)11-7-8-12(15)13-11/h3-6,11H,7-8H2,1-2H3,(H,13,15). The van der Waals surface area contributed by atoms with Crippen LogP contribution in [0.5, 0.6) is 0 Å². The van der Waals surface area contributed by atoms with Gasteiger partial charge in [-0.3, -0.25) is 4.79 Å². The van der Waals surface area contributed by atoms with E-state index in [1.54, 1.807) is 0 Å². The van der Waals surface area contributed by atoms with Crippen molar-refractivity contribution >= 4 is 11.6 Å². The maximum atomic E-state index is 11.1. The highest BCUT2D eigenvalue weighted by Crippen LogP contribution is 2.25. The van der Waals surface area contributed by atoms with Crippen LogP contribution in [0.2, 0.25) is 0 Å². The molecular weight excluding hydrogens is 188 g/mol. The van der Waals surface area contributed by atoms with Gasteiger partial charge >= 0.3 is 0 Å². The van der Waals surface area contributed by atoms with Crippen LogP contribution in [0.4, 0.5) is 5.69 Å². The smallest absolute Gasteiger partial charge is 0.220 e. The average molecular weight is 204 g/mol. The van der Waals surface area contributed by atoms with Crippen molar-refractivity contribution in [2.24, 2.45) is 0 Å². The highest BCUT2D eigenvalue weighted by Gasteiger charge is 2.21. The van der Waals surface area contributed by atoms with Crippen LogP contribution in [0.3, 0.4) is 0 Å². The zero-order chi connectivity index (χ0) is 10.8. The van der Waals surface area contributed by atoms with Crippen molar-refractivity contribution in [1.29, 1.82) is 0 Å². The quantitative estimate of drug-likeness (QED) is 0.795. The van der Waals surface area contributed by atoms with Gasteiger partial charge in [0.15, 0.2) is 0 Å². The molecule has 0 saturated carbocycles. The predicted octanol–water partition coefficient (Wildman–Crippen LogP) is 1.70. The van der Waals surface area contributed by atoms with Crippen molar-refractivity contribution < 1.29 is 4.79 Å². The minimum absolute atomic E-state index is 0.164. The third-order valence-corrected chi connectivity index (χ3v) is 2.81. The lowest BCUT2D eigenvalue weighted by Crippen LogP contribution is -2.18. The molecule has 1 aliphatic rings. The Morgan fingerprint density at radius 3 is 2.40 bits per heavy atom. The summed E-state index contributed by atoms with van der Waals surface area (Å²) in [7, 11) is 4.04. The predicted molar refractivity (Wildman–Crippen MR) is 60.9 cm³/mol. The Kier molecular flexibility index (Phi) is 2.62. The Hall–Kier alpha value is -1.51. The molecule has 3 nitrogen and oxygen atoms in total. The Balaban J connectivity index is 2.13. The summed E-state index contributed by atoms with van der Waals surface area (Å²) in [5, 5.41) is 2.97. The number of nitrogens with zero attached hydrogens (tertiary/aromatic N) is 1. The SMILES string of the molecule is CN(C)c1ccc(C2CCC(=O)N2)cc1. The second-order valence-corrected chi connectivity index (χ2v) is 4.14. The van der Waals surface area contributed by atoms with Crippen LogP contribution < -0.4 is 10.2 Å². The number of rotatable bonds is 2. The van der Waals surface area contributed by atoms with E-state index < -0.39 is 0 Å². The number of hydrogen-bond acceptors (Lipinski definition) is 2. The second-order valence-electron chi connectivity index (χ2n) is 4.14. The first kappa shape index (κ1) is 10.0. The van der Waals surface area contributed by atoms with Crippen LogP contribution in [0.1, 0.15) is 24.4 Å². The highest BCUT2D eigenvalue weighted by atomic mass is 16.1. The zero-order valence-electron chi connectivity index (χ0n) is 9.16. The fourth-order valence-corrected chi connectivity index (χ4v) is 1.87. The Morgan fingerprint density at radius 2 is 1.93 bits per heavy atom. The molecule has 1 amide bonds. The van der Waals surface area contributed by atoms with E-state index in [9.17, 15) is 4.79 Å². The number of carbonyl (C=O) groups is 1. The van der Waals surface area contributed by atoms with Crippen LogP contribution in [-0.2, 0) is 4.79 Å². The molecule has 1 N–H and O–H groups in total. The molecule has 1 aromatic carbocycles. The monoisotopic (exact) mass is 204 g/mol. The summed E-state index contributed by atoms with van der Waals surface area (Å²) >= 11 is 0. The fraction of sp³-hybridized carbons (Fsp3) is 0.417. The number of carbonyl (C=O) groups excluding carboxylic acids is 1. The molecule has 1 unspecified atom stereocenters. The average Bonchev–Trinajstić information content (AvgIpc) is 2.65. The first-order chi connectivity index (χ1) is 7.16. The number of amides is 1. The zero-order valence-corrected chi connectivity index (χ0v) is 9.16. The van der Waals surface area contributed by atoms with Gasteiger partial charge in [-0.05, 0) is 24.1 Å². The molecule has 80 valence electrons. The van der Waals surface area contributed by atoms with Crippen molar-refractivity contribution in [2.45, 2.75) is 18.9 Å². The van der Waals surface area contributed by atoms with E-state index in [1.807, 2.05) is 14.1 Å². The van der Waals surface area contributed by atoms with Gasteiger partial charge < -0.3 is 10.2 Å². The number of nitrogens with one attached hydrogen (secondary N) is 1. The lowest BCUT2D eigenvalue weighted by molar-refractivity contribution is -0.119. The molecule has 0 aromatic heterocycles. The molecule has 1 saturated heterocycles. The highest BCUT2D eigenvalue weighted by molar-refractivity contribution is 5.78. The van der Waals surface area contributed by atoms with Gasteiger partial charge in [0.25, 0.3) is 0 Å². The summed E-state index contributed by atoms with van der Waals surface area (Å²) in [5.41, 5.74) is 2.38. The van der Waals surface area contributed by atoms with E-state index in [1.165, 1.54) is 11.3 Å². The molecule has 1 atom stereocenters. The molecule has 2 rings (SSSR count). The van der Waals surface area contributed by atoms with Gasteiger partial charge in [0.1, 0.15) is 0 Å². The van der Waals surface area contributed by atoms with Gasteiger partial charge in [-0.2, -0.15) is 0 Å². The van der Waals surface area contributed by atoms with Gasteiger partial charge in [-0.25, -0.2) is 0 Å². The molecule has 0 radical (unpaired) electrons. The lowest BCUT2D eigenvalue weighted by atomic mass is 10.1. The third kappa shape index (κ3) is 2.12. The largest absolute Gasteiger partial charge is 0.378 e. The Bertz CT molecular complexity index is 356. The molecular formula is C12H16N2O. The van der Waals surface area contributed by atoms with Crippen LogP contribution in [-0.4, -0.2) is 20.0 Å². The first-order valence-electron chi connectivity index (χ1n) is 5.23. The van der Waals surface area contributed by atoms with Crippen molar-refractivity contribution in [3.8, 4) is 0 Å². The van der Waals surface area contributed by atoms with Crippen molar-refractivity contribution in [3.05, 3.63) is 29.8 Å². The summed E-state index contributed by atoms with van der Waals surface area (Å²) in [6.45, 7) is 0. The van der Waals surface area contributed by atoms with E-state index in [-0.39, 0.29) is 11.9 Å². The van der Waals surface area contributed by atoms with Crippen molar-refractivity contribution in [3.63, 3.8) is 0 Å². The van der Waals surface area contributed by atoms with Gasteiger partial charge in [0.05, 0.1) is 6.04 Å². The maximum Gasteiger partial charge on any atom is 0.220 e. The third-order valence-electron chi connectivity index (χ3n) is 2.81. The van der Waals surface area contributed by atoms with Crippen LogP contribution in [0.25, 0.3) is 0 Å². The summed E-state index contributed by atoms with van der Waals surface area (Å²) in [4.78, 5) is 13.1. The molecule has 0 aliphatic carbocycles. The summed E-state index contributed by atoms with van der Waals surface area (Å²) in [6.07, 6.45) is 1.57. The topological polar surface area (TPSA) is 32.3 Å². The minimum Gasteiger partial charge on any atom is -0.378 e. The van der Waals surface area contributed by atoms with Crippen molar-refractivity contribution in [2.75, 3.05) is 19.0 Å². The number of anilines is 1. The lowest BCUT2D eigenvalue weighted by Gasteiger charge is -2.15. The molecule has 0 spiro atoms. The molecule has 1 fully saturated rings. The van der Waals surface area contributed by atoms with Gasteiger partial charge in [0.2, 0.25) is 5.91 Å². The van der Waals surface area contributed by atoms with Crippen LogP contribution in [0, 0.1) is 0 Å². The molecule has 3 heteroatoms. The molecule has 1 aromatic rings. The second kappa shape index (κ2) is 3.93. The Labute approximate surface area is 90.1 Å². The van der Waals surface area contributed by atoms with Crippen LogP contribution >= 0.6 is 0 Å². The first-order valence-corrected chi connectivity index (χ1v) is 5.23. The molecule has 0 bridgehead atoms. The van der Waals surface area contributed by atoms with E-state index in [0.29, 0.717) is 6.42 Å². The molecule has 15 heavy (non-hydrogen) atoms. The normalized spacial score (nSPS) is 20.1. The molecule has 1 aliphatic heterocycles. The fourth-order valence-electron chi connectivity index (χ4n) is 1.87. The van der Waals surface area contributed by atoms with E-state index in [0.717, 1.165) is 6.42 Å². The molecule has 1 heterocycles. The minimum atomic E-state index is 0.164. The van der Waals surface area contributed by atoms with Gasteiger partial charge in [-0.15, -0.1) is 0 Å². The van der Waals surface area contributed by atoms with Crippen LogP contribution in [0.15, 0.2) is 24.3 Å². The summed E-state index contributed by atoms with van der Waals surface area (Å²) in [5.74, 6) is 0.164. The summed E-state index contributed by atoms with van der Waals surface area (Å²) < 4.78 is 0. The van der Waals surface area contributed by atoms with Gasteiger partial charge in [0, 0.05) is 26.2 Å². The summed E-state index contributed by atoms with van der Waals surface area (Å²) in [6, 6.07) is 8.56. The van der Waals surface area contributed by atoms with E-state index >= 15 is 0 Å². The van der Waals surface area contributed by atoms with E-state index in [4.69, 9.17) is 0 Å². The van der Waals surface area contributed by atoms with Gasteiger partial charge in [-0.1, -0.05) is 12.1 Å². The Morgan fingerprint density at radius 1 is 1.27 bits per heavy atom. The maximum absolute atomic E-state index is 11.1. The number of benzene rings is 1. The van der Waals surface area contributed by atoms with Crippen molar-refractivity contribution in [1.82, 2.24) is 5.32 Å². The number of hydrogen-bond donors (Lipinski definition) is 1.